The first-order valence-electron chi connectivity index (χ1n) is 5.22. The van der Waals surface area contributed by atoms with Gasteiger partial charge in [0.05, 0.1) is 5.69 Å². The van der Waals surface area contributed by atoms with Crippen LogP contribution in [0.4, 0.5) is 10.1 Å². The Hall–Kier alpha value is -1.78. The maximum atomic E-state index is 13.5. The summed E-state index contributed by atoms with van der Waals surface area (Å²) in [4.78, 5) is 0. The molecule has 0 aliphatic heterocycles. The third-order valence-corrected chi connectivity index (χ3v) is 2.34. The largest absolute Gasteiger partial charge is 0.486 e. The van der Waals surface area contributed by atoms with Gasteiger partial charge in [0.25, 0.3) is 0 Å². The van der Waals surface area contributed by atoms with Crippen molar-refractivity contribution in [1.82, 2.24) is 0 Å². The molecule has 18 heavy (non-hydrogen) atoms. The summed E-state index contributed by atoms with van der Waals surface area (Å²) >= 11 is 0. The molecule has 0 bridgehead atoms. The first kappa shape index (κ1) is 14.3. The fourth-order valence-corrected chi connectivity index (χ4v) is 1.44. The molecule has 0 heterocycles. The molecular formula is C13H14ClFN2O. The predicted octanol–water partition coefficient (Wildman–Crippen LogP) is 3.11. The molecule has 3 N–H and O–H groups in total. The molecule has 0 aliphatic rings. The van der Waals surface area contributed by atoms with E-state index in [0.717, 1.165) is 5.56 Å². The molecule has 96 valence electrons. The summed E-state index contributed by atoms with van der Waals surface area (Å²) in [6.07, 6.45) is 0. The topological polar surface area (TPSA) is 47.3 Å². The second kappa shape index (κ2) is 6.83. The van der Waals surface area contributed by atoms with E-state index in [4.69, 9.17) is 10.6 Å². The Bertz CT molecular complexity index is 494. The fourth-order valence-electron chi connectivity index (χ4n) is 1.44. The number of rotatable bonds is 4. The minimum atomic E-state index is -0.434. The monoisotopic (exact) mass is 268 g/mol. The molecule has 3 nitrogen and oxygen atoms in total. The summed E-state index contributed by atoms with van der Waals surface area (Å²) in [5, 5.41) is 0. The fraction of sp³-hybridized carbons (Fsp3) is 0.0769. The molecular weight excluding hydrogens is 255 g/mol. The van der Waals surface area contributed by atoms with Gasteiger partial charge in [-0.25, -0.2) is 4.39 Å². The number of hydrogen-bond donors (Lipinski definition) is 2. The van der Waals surface area contributed by atoms with Crippen LogP contribution < -0.4 is 16.0 Å². The highest BCUT2D eigenvalue weighted by atomic mass is 35.5. The van der Waals surface area contributed by atoms with Gasteiger partial charge in [0, 0.05) is 6.07 Å². The first-order valence-corrected chi connectivity index (χ1v) is 5.22. The molecule has 0 fully saturated rings. The lowest BCUT2D eigenvalue weighted by Gasteiger charge is -2.08. The van der Waals surface area contributed by atoms with Crippen molar-refractivity contribution in [3.63, 3.8) is 0 Å². The predicted molar refractivity (Wildman–Crippen MR) is 72.2 cm³/mol. The van der Waals surface area contributed by atoms with Crippen molar-refractivity contribution in [3.05, 3.63) is 59.9 Å². The number of halogens is 2. The number of anilines is 1. The minimum Gasteiger partial charge on any atom is -0.486 e. The molecule has 0 radical (unpaired) electrons. The van der Waals surface area contributed by atoms with Crippen LogP contribution in [0, 0.1) is 5.82 Å². The molecule has 0 atom stereocenters. The average Bonchev–Trinajstić information content (AvgIpc) is 2.38. The Kier molecular flexibility index (Phi) is 5.42. The number of hydrogen-bond acceptors (Lipinski definition) is 3. The van der Waals surface area contributed by atoms with Gasteiger partial charge < -0.3 is 10.2 Å². The Labute approximate surface area is 111 Å². The second-order valence-corrected chi connectivity index (χ2v) is 3.56. The van der Waals surface area contributed by atoms with E-state index in [2.05, 4.69) is 5.43 Å². The van der Waals surface area contributed by atoms with Crippen LogP contribution in [-0.2, 0) is 6.61 Å². The van der Waals surface area contributed by atoms with Crippen LogP contribution >= 0.6 is 12.4 Å². The number of nitrogen functional groups attached to an aromatic ring is 1. The van der Waals surface area contributed by atoms with E-state index < -0.39 is 5.82 Å². The summed E-state index contributed by atoms with van der Waals surface area (Å²) in [6, 6.07) is 14.1. The first-order chi connectivity index (χ1) is 8.29. The van der Waals surface area contributed by atoms with Gasteiger partial charge in [-0.15, -0.1) is 12.4 Å². The number of nitrogens with one attached hydrogen (secondary N) is 1. The smallest absolute Gasteiger partial charge is 0.167 e. The molecule has 0 saturated carbocycles. The zero-order chi connectivity index (χ0) is 12.1. The van der Waals surface area contributed by atoms with Gasteiger partial charge in [-0.05, 0) is 17.7 Å². The summed E-state index contributed by atoms with van der Waals surface area (Å²) in [6.45, 7) is 0.340. The minimum absolute atomic E-state index is 0. The summed E-state index contributed by atoms with van der Waals surface area (Å²) < 4.78 is 18.9. The molecule has 2 aromatic carbocycles. The van der Waals surface area contributed by atoms with Crippen LogP contribution in [0.2, 0.25) is 0 Å². The second-order valence-electron chi connectivity index (χ2n) is 3.56. The van der Waals surface area contributed by atoms with E-state index in [9.17, 15) is 4.39 Å². The zero-order valence-corrected chi connectivity index (χ0v) is 10.4. The lowest BCUT2D eigenvalue weighted by atomic mass is 10.2. The van der Waals surface area contributed by atoms with Crippen molar-refractivity contribution in [2.75, 3.05) is 5.43 Å². The van der Waals surface area contributed by atoms with Gasteiger partial charge in [-0.2, -0.15) is 0 Å². The Balaban J connectivity index is 0.00000162. The van der Waals surface area contributed by atoms with Gasteiger partial charge >= 0.3 is 0 Å². The highest BCUT2D eigenvalue weighted by Gasteiger charge is 2.04. The van der Waals surface area contributed by atoms with Crippen molar-refractivity contribution in [2.45, 2.75) is 6.61 Å². The van der Waals surface area contributed by atoms with Crippen molar-refractivity contribution in [2.24, 2.45) is 5.84 Å². The molecule has 0 aromatic heterocycles. The highest BCUT2D eigenvalue weighted by Crippen LogP contribution is 2.21. The van der Waals surface area contributed by atoms with E-state index in [0.29, 0.717) is 12.3 Å². The molecule has 2 aromatic rings. The summed E-state index contributed by atoms with van der Waals surface area (Å²) in [5.74, 6) is 4.96. The van der Waals surface area contributed by atoms with E-state index in [1.54, 1.807) is 12.1 Å². The molecule has 0 unspecified atom stereocenters. The highest BCUT2D eigenvalue weighted by molar-refractivity contribution is 5.85. The Morgan fingerprint density at radius 1 is 1.11 bits per heavy atom. The molecule has 5 heteroatoms. The lowest BCUT2D eigenvalue weighted by molar-refractivity contribution is 0.290. The molecule has 0 saturated heterocycles. The Morgan fingerprint density at radius 3 is 2.44 bits per heavy atom. The number of hydrazine groups is 1. The normalized spacial score (nSPS) is 9.44. The third-order valence-electron chi connectivity index (χ3n) is 2.34. The maximum absolute atomic E-state index is 13.5. The van der Waals surface area contributed by atoms with Crippen molar-refractivity contribution in [3.8, 4) is 5.75 Å². The van der Waals surface area contributed by atoms with E-state index in [1.807, 2.05) is 30.3 Å². The standard InChI is InChI=1S/C13H13FN2O.ClH/c14-12-8-11(16-15)6-7-13(12)17-9-10-4-2-1-3-5-10;/h1-8,16H,9,15H2;1H. The average molecular weight is 269 g/mol. The van der Waals surface area contributed by atoms with Crippen LogP contribution in [0.15, 0.2) is 48.5 Å². The van der Waals surface area contributed by atoms with Crippen molar-refractivity contribution >= 4 is 18.1 Å². The molecule has 0 spiro atoms. The van der Waals surface area contributed by atoms with Crippen LogP contribution in [0.5, 0.6) is 5.75 Å². The van der Waals surface area contributed by atoms with Gasteiger partial charge in [-0.1, -0.05) is 30.3 Å². The zero-order valence-electron chi connectivity index (χ0n) is 9.60. The SMILES string of the molecule is Cl.NNc1ccc(OCc2ccccc2)c(F)c1. The van der Waals surface area contributed by atoms with Crippen LogP contribution in [0.25, 0.3) is 0 Å². The third kappa shape index (κ3) is 3.61. The van der Waals surface area contributed by atoms with Crippen molar-refractivity contribution < 1.29 is 9.13 Å². The molecule has 0 aliphatic carbocycles. The maximum Gasteiger partial charge on any atom is 0.167 e. The van der Waals surface area contributed by atoms with Gasteiger partial charge in [0.1, 0.15) is 6.61 Å². The number of nitrogens with two attached hydrogens (primary N) is 1. The van der Waals surface area contributed by atoms with Gasteiger partial charge in [0.15, 0.2) is 11.6 Å². The lowest BCUT2D eigenvalue weighted by Crippen LogP contribution is -2.07. The van der Waals surface area contributed by atoms with E-state index in [1.165, 1.54) is 6.07 Å². The number of benzene rings is 2. The van der Waals surface area contributed by atoms with Gasteiger partial charge in [-0.3, -0.25) is 5.84 Å². The summed E-state index contributed by atoms with van der Waals surface area (Å²) in [7, 11) is 0. The van der Waals surface area contributed by atoms with Crippen LogP contribution in [0.3, 0.4) is 0 Å². The summed E-state index contributed by atoms with van der Waals surface area (Å²) in [5.41, 5.74) is 3.88. The van der Waals surface area contributed by atoms with Crippen LogP contribution in [0.1, 0.15) is 5.56 Å². The molecule has 0 amide bonds. The number of ether oxygens (including phenoxy) is 1. The van der Waals surface area contributed by atoms with E-state index >= 15 is 0 Å². The van der Waals surface area contributed by atoms with Crippen molar-refractivity contribution in [1.29, 1.82) is 0 Å². The quantitative estimate of drug-likeness (QED) is 0.662. The molecule has 2 rings (SSSR count). The van der Waals surface area contributed by atoms with Gasteiger partial charge in [0.2, 0.25) is 0 Å². The van der Waals surface area contributed by atoms with Crippen LogP contribution in [-0.4, -0.2) is 0 Å². The Morgan fingerprint density at radius 2 is 1.83 bits per heavy atom. The van der Waals surface area contributed by atoms with E-state index in [-0.39, 0.29) is 18.2 Å².